The Morgan fingerprint density at radius 3 is 1.77 bits per heavy atom. The van der Waals surface area contributed by atoms with Crippen molar-refractivity contribution in [1.29, 1.82) is 0 Å². The quantitative estimate of drug-likeness (QED) is 0.548. The van der Waals surface area contributed by atoms with Crippen molar-refractivity contribution in [3.8, 4) is 0 Å². The van der Waals surface area contributed by atoms with E-state index < -0.39 is 0 Å². The summed E-state index contributed by atoms with van der Waals surface area (Å²) in [5.74, 6) is 3.02. The first kappa shape index (κ1) is 12.7. The Morgan fingerprint density at radius 2 is 1.54 bits per heavy atom. The fraction of sp³-hybridized carbons (Fsp3) is 0.846. The smallest absolute Gasteiger partial charge is 0.0178 e. The van der Waals surface area contributed by atoms with Crippen LogP contribution in [-0.2, 0) is 0 Å². The predicted molar refractivity (Wildman–Crippen MR) is 61.8 cm³/mol. The van der Waals surface area contributed by atoms with Crippen LogP contribution in [0.1, 0.15) is 48.0 Å². The van der Waals surface area contributed by atoms with Crippen LogP contribution < -0.4 is 0 Å². The minimum Gasteiger partial charge on any atom is -0.0999 e. The highest BCUT2D eigenvalue weighted by Gasteiger charge is 2.21. The molecule has 0 saturated carbocycles. The van der Waals surface area contributed by atoms with Gasteiger partial charge in [-0.25, -0.2) is 0 Å². The van der Waals surface area contributed by atoms with E-state index in [9.17, 15) is 0 Å². The monoisotopic (exact) mass is 182 g/mol. The summed E-state index contributed by atoms with van der Waals surface area (Å²) < 4.78 is 0. The summed E-state index contributed by atoms with van der Waals surface area (Å²) >= 11 is 0. The van der Waals surface area contributed by atoms with Crippen LogP contribution in [0.15, 0.2) is 12.2 Å². The van der Waals surface area contributed by atoms with Crippen molar-refractivity contribution in [1.82, 2.24) is 0 Å². The number of allylic oxidation sites excluding steroid dienone is 1. The van der Waals surface area contributed by atoms with Gasteiger partial charge in [0.15, 0.2) is 0 Å². The van der Waals surface area contributed by atoms with Crippen LogP contribution in [0.4, 0.5) is 0 Å². The van der Waals surface area contributed by atoms with Gasteiger partial charge in [0.2, 0.25) is 0 Å². The van der Waals surface area contributed by atoms with Crippen LogP contribution >= 0.6 is 0 Å². The molecule has 0 rings (SSSR count). The number of hydrogen-bond donors (Lipinski definition) is 0. The molecule has 0 aromatic heterocycles. The third-order valence-electron chi connectivity index (χ3n) is 3.04. The van der Waals surface area contributed by atoms with Gasteiger partial charge in [-0.05, 0) is 37.0 Å². The molecule has 0 nitrogen and oxygen atoms in total. The Hall–Kier alpha value is -0.260. The van der Waals surface area contributed by atoms with E-state index in [0.717, 1.165) is 17.8 Å². The minimum absolute atomic E-state index is 0.708. The first-order valence-corrected chi connectivity index (χ1v) is 5.51. The average Bonchev–Trinajstić information content (AvgIpc) is 1.97. The second-order valence-corrected chi connectivity index (χ2v) is 5.19. The molecule has 13 heavy (non-hydrogen) atoms. The molecule has 0 fully saturated rings. The first-order chi connectivity index (χ1) is 5.86. The van der Waals surface area contributed by atoms with Crippen LogP contribution in [0.5, 0.6) is 0 Å². The van der Waals surface area contributed by atoms with Crippen molar-refractivity contribution in [2.75, 3.05) is 0 Å². The van der Waals surface area contributed by atoms with Gasteiger partial charge < -0.3 is 0 Å². The SMILES string of the molecule is C=C(C)C(CC(C)C)C(C)C(C)C. The van der Waals surface area contributed by atoms with Gasteiger partial charge in [0.05, 0.1) is 0 Å². The van der Waals surface area contributed by atoms with E-state index in [1.54, 1.807) is 0 Å². The molecule has 0 heterocycles. The molecule has 0 spiro atoms. The molecule has 2 unspecified atom stereocenters. The molecule has 0 N–H and O–H groups in total. The van der Waals surface area contributed by atoms with Gasteiger partial charge in [-0.1, -0.05) is 46.8 Å². The average molecular weight is 182 g/mol. The van der Waals surface area contributed by atoms with Gasteiger partial charge in [0.25, 0.3) is 0 Å². The molecule has 2 atom stereocenters. The van der Waals surface area contributed by atoms with E-state index >= 15 is 0 Å². The molecular weight excluding hydrogens is 156 g/mol. The van der Waals surface area contributed by atoms with Crippen molar-refractivity contribution < 1.29 is 0 Å². The molecule has 0 heteroatoms. The molecule has 0 aliphatic rings. The molecule has 0 saturated heterocycles. The predicted octanol–water partition coefficient (Wildman–Crippen LogP) is 4.52. The molecule has 0 aromatic carbocycles. The van der Waals surface area contributed by atoms with E-state index in [4.69, 9.17) is 0 Å². The maximum atomic E-state index is 4.11. The van der Waals surface area contributed by atoms with E-state index in [2.05, 4.69) is 48.1 Å². The summed E-state index contributed by atoms with van der Waals surface area (Å²) in [6.45, 7) is 17.8. The van der Waals surface area contributed by atoms with Crippen molar-refractivity contribution >= 4 is 0 Å². The highest BCUT2D eigenvalue weighted by Crippen LogP contribution is 2.31. The Balaban J connectivity index is 4.33. The lowest BCUT2D eigenvalue weighted by atomic mass is 9.77. The number of hydrogen-bond acceptors (Lipinski definition) is 0. The molecule has 0 aromatic rings. The van der Waals surface area contributed by atoms with Gasteiger partial charge in [-0.2, -0.15) is 0 Å². The lowest BCUT2D eigenvalue weighted by Gasteiger charge is -2.28. The normalized spacial score (nSPS) is 16.3. The summed E-state index contributed by atoms with van der Waals surface area (Å²) in [6.07, 6.45) is 1.29. The molecule has 78 valence electrons. The molecular formula is C13H26. The molecule has 0 aliphatic carbocycles. The van der Waals surface area contributed by atoms with Gasteiger partial charge in [-0.15, -0.1) is 0 Å². The minimum atomic E-state index is 0.708. The lowest BCUT2D eigenvalue weighted by molar-refractivity contribution is 0.274. The zero-order valence-electron chi connectivity index (χ0n) is 10.2. The van der Waals surface area contributed by atoms with Gasteiger partial charge in [0.1, 0.15) is 0 Å². The standard InChI is InChI=1S/C13H26/c1-9(2)8-13(11(5)6)12(7)10(3)4/h9-10,12-13H,5,8H2,1-4,6-7H3. The maximum Gasteiger partial charge on any atom is -0.0178 e. The Labute approximate surface area is 84.4 Å². The summed E-state index contributed by atoms with van der Waals surface area (Å²) in [5.41, 5.74) is 1.36. The van der Waals surface area contributed by atoms with E-state index in [0.29, 0.717) is 5.92 Å². The molecule has 0 radical (unpaired) electrons. The van der Waals surface area contributed by atoms with Crippen molar-refractivity contribution in [3.05, 3.63) is 12.2 Å². The summed E-state index contributed by atoms with van der Waals surface area (Å²) in [6, 6.07) is 0. The Bertz CT molecular complexity index is 153. The second-order valence-electron chi connectivity index (χ2n) is 5.19. The third-order valence-corrected chi connectivity index (χ3v) is 3.04. The van der Waals surface area contributed by atoms with Gasteiger partial charge in [0, 0.05) is 0 Å². The van der Waals surface area contributed by atoms with E-state index in [1.165, 1.54) is 12.0 Å². The topological polar surface area (TPSA) is 0 Å². The Kier molecular flexibility index (Phi) is 5.36. The maximum absolute atomic E-state index is 4.11. The number of rotatable bonds is 5. The fourth-order valence-electron chi connectivity index (χ4n) is 1.84. The summed E-state index contributed by atoms with van der Waals surface area (Å²) in [7, 11) is 0. The third kappa shape index (κ3) is 4.50. The highest BCUT2D eigenvalue weighted by atomic mass is 14.3. The molecule has 0 bridgehead atoms. The van der Waals surface area contributed by atoms with Crippen LogP contribution in [0.25, 0.3) is 0 Å². The fourth-order valence-corrected chi connectivity index (χ4v) is 1.84. The molecule has 0 amide bonds. The van der Waals surface area contributed by atoms with Crippen LogP contribution in [0.3, 0.4) is 0 Å². The van der Waals surface area contributed by atoms with Gasteiger partial charge in [-0.3, -0.25) is 0 Å². The lowest BCUT2D eigenvalue weighted by Crippen LogP contribution is -2.19. The van der Waals surface area contributed by atoms with E-state index in [1.807, 2.05) is 0 Å². The molecule has 0 aliphatic heterocycles. The Morgan fingerprint density at radius 1 is 1.08 bits per heavy atom. The van der Waals surface area contributed by atoms with E-state index in [-0.39, 0.29) is 0 Å². The van der Waals surface area contributed by atoms with Gasteiger partial charge >= 0.3 is 0 Å². The zero-order valence-corrected chi connectivity index (χ0v) is 10.2. The first-order valence-electron chi connectivity index (χ1n) is 5.51. The van der Waals surface area contributed by atoms with Crippen LogP contribution in [0, 0.1) is 23.7 Å². The van der Waals surface area contributed by atoms with Crippen molar-refractivity contribution in [3.63, 3.8) is 0 Å². The summed E-state index contributed by atoms with van der Waals surface area (Å²) in [4.78, 5) is 0. The highest BCUT2D eigenvalue weighted by molar-refractivity contribution is 4.99. The second kappa shape index (κ2) is 5.47. The van der Waals surface area contributed by atoms with Crippen molar-refractivity contribution in [2.45, 2.75) is 48.0 Å². The van der Waals surface area contributed by atoms with Crippen LogP contribution in [-0.4, -0.2) is 0 Å². The largest absolute Gasteiger partial charge is 0.0999 e. The van der Waals surface area contributed by atoms with Crippen LogP contribution in [0.2, 0.25) is 0 Å². The summed E-state index contributed by atoms with van der Waals surface area (Å²) in [5, 5.41) is 0. The van der Waals surface area contributed by atoms with Crippen molar-refractivity contribution in [2.24, 2.45) is 23.7 Å². The zero-order chi connectivity index (χ0) is 10.6.